The fourth-order valence-electron chi connectivity index (χ4n) is 2.55. The molecule has 0 spiro atoms. The van der Waals surface area contributed by atoms with Gasteiger partial charge in [-0.3, -0.25) is 0 Å². The van der Waals surface area contributed by atoms with Crippen LogP contribution in [0.5, 0.6) is 0 Å². The molecule has 1 nitrogen and oxygen atoms in total. The predicted molar refractivity (Wildman–Crippen MR) is 52.5 cm³/mol. The second kappa shape index (κ2) is 3.96. The molecule has 0 aromatic carbocycles. The van der Waals surface area contributed by atoms with E-state index in [1.165, 1.54) is 12.8 Å². The van der Waals surface area contributed by atoms with Gasteiger partial charge in [-0.2, -0.15) is 13.2 Å². The lowest BCUT2D eigenvalue weighted by Gasteiger charge is -2.37. The average Bonchev–Trinajstić information content (AvgIpc) is 2.85. The van der Waals surface area contributed by atoms with Gasteiger partial charge in [-0.1, -0.05) is 6.92 Å². The summed E-state index contributed by atoms with van der Waals surface area (Å²) >= 11 is 0. The van der Waals surface area contributed by atoms with Gasteiger partial charge in [0.25, 0.3) is 0 Å². The maximum absolute atomic E-state index is 12.6. The van der Waals surface area contributed by atoms with E-state index < -0.39 is 12.1 Å². The van der Waals surface area contributed by atoms with E-state index in [0.29, 0.717) is 13.1 Å². The van der Waals surface area contributed by atoms with Crippen LogP contribution in [-0.2, 0) is 0 Å². The molecule has 1 saturated heterocycles. The van der Waals surface area contributed by atoms with Crippen molar-refractivity contribution in [3.8, 4) is 0 Å². The van der Waals surface area contributed by atoms with Gasteiger partial charge in [-0.15, -0.1) is 0 Å². The summed E-state index contributed by atoms with van der Waals surface area (Å²) in [5, 5.41) is 0. The number of piperidine rings is 1. The Bertz CT molecular complexity index is 222. The first-order valence-corrected chi connectivity index (χ1v) is 5.76. The summed E-state index contributed by atoms with van der Waals surface area (Å²) in [7, 11) is 0. The molecule has 1 aliphatic heterocycles. The van der Waals surface area contributed by atoms with Crippen molar-refractivity contribution in [3.63, 3.8) is 0 Å². The summed E-state index contributed by atoms with van der Waals surface area (Å²) in [6, 6.07) is 0. The van der Waals surface area contributed by atoms with Crippen molar-refractivity contribution in [2.24, 2.45) is 17.8 Å². The number of rotatable bonds is 2. The molecule has 0 unspecified atom stereocenters. The van der Waals surface area contributed by atoms with Crippen molar-refractivity contribution in [1.29, 1.82) is 0 Å². The lowest BCUT2D eigenvalue weighted by molar-refractivity contribution is -0.198. The zero-order valence-electron chi connectivity index (χ0n) is 9.06. The van der Waals surface area contributed by atoms with E-state index in [9.17, 15) is 13.2 Å². The molecule has 15 heavy (non-hydrogen) atoms. The van der Waals surface area contributed by atoms with Gasteiger partial charge in [0.1, 0.15) is 0 Å². The summed E-state index contributed by atoms with van der Waals surface area (Å²) in [5.41, 5.74) is 0. The topological polar surface area (TPSA) is 3.24 Å². The number of halogens is 3. The van der Waals surface area contributed by atoms with E-state index >= 15 is 0 Å². The zero-order valence-corrected chi connectivity index (χ0v) is 9.06. The zero-order chi connectivity index (χ0) is 11.1. The minimum absolute atomic E-state index is 0.238. The van der Waals surface area contributed by atoms with E-state index in [2.05, 4.69) is 4.90 Å². The molecule has 1 aliphatic carbocycles. The smallest absolute Gasteiger partial charge is 0.303 e. The summed E-state index contributed by atoms with van der Waals surface area (Å²) < 4.78 is 37.7. The number of hydrogen-bond acceptors (Lipinski definition) is 1. The van der Waals surface area contributed by atoms with Crippen LogP contribution in [0, 0.1) is 17.8 Å². The van der Waals surface area contributed by atoms with E-state index in [4.69, 9.17) is 0 Å². The molecule has 2 rings (SSSR count). The quantitative estimate of drug-likeness (QED) is 0.693. The largest absolute Gasteiger partial charge is 0.392 e. The Labute approximate surface area is 88.6 Å². The highest BCUT2D eigenvalue weighted by atomic mass is 19.4. The Morgan fingerprint density at radius 1 is 1.20 bits per heavy atom. The van der Waals surface area contributed by atoms with Gasteiger partial charge in [0.05, 0.1) is 5.92 Å². The molecule has 0 aromatic heterocycles. The van der Waals surface area contributed by atoms with Gasteiger partial charge in [-0.25, -0.2) is 0 Å². The van der Waals surface area contributed by atoms with E-state index in [-0.39, 0.29) is 12.3 Å². The standard InChI is InChI=1S/C11H18F3N/c1-8-6-15(7-9-2-3-9)5-4-10(8)11(12,13)14/h8-10H,2-7H2,1H3/t8-,10+/m1/s1. The Morgan fingerprint density at radius 3 is 2.33 bits per heavy atom. The van der Waals surface area contributed by atoms with Crippen LogP contribution in [0.2, 0.25) is 0 Å². The Hall–Kier alpha value is -0.250. The number of hydrogen-bond donors (Lipinski definition) is 0. The third-order valence-electron chi connectivity index (χ3n) is 3.62. The van der Waals surface area contributed by atoms with Gasteiger partial charge >= 0.3 is 6.18 Å². The van der Waals surface area contributed by atoms with Crippen molar-refractivity contribution in [2.75, 3.05) is 19.6 Å². The molecule has 88 valence electrons. The normalized spacial score (nSPS) is 34.4. The molecular weight excluding hydrogens is 203 g/mol. The minimum atomic E-state index is -3.99. The molecule has 0 bridgehead atoms. The highest BCUT2D eigenvalue weighted by Gasteiger charge is 2.45. The molecule has 0 radical (unpaired) electrons. The van der Waals surface area contributed by atoms with Crippen LogP contribution in [0.25, 0.3) is 0 Å². The van der Waals surface area contributed by atoms with Crippen molar-refractivity contribution in [1.82, 2.24) is 4.90 Å². The van der Waals surface area contributed by atoms with Gasteiger partial charge in [0.15, 0.2) is 0 Å². The molecule has 1 saturated carbocycles. The molecule has 1 heterocycles. The van der Waals surface area contributed by atoms with Gasteiger partial charge in [0, 0.05) is 13.1 Å². The molecule has 0 amide bonds. The Morgan fingerprint density at radius 2 is 1.87 bits per heavy atom. The fraction of sp³-hybridized carbons (Fsp3) is 1.00. The van der Waals surface area contributed by atoms with Crippen molar-refractivity contribution >= 4 is 0 Å². The minimum Gasteiger partial charge on any atom is -0.303 e. The lowest BCUT2D eigenvalue weighted by atomic mass is 9.86. The van der Waals surface area contributed by atoms with Crippen molar-refractivity contribution in [2.45, 2.75) is 32.4 Å². The Kier molecular flexibility index (Phi) is 2.97. The van der Waals surface area contributed by atoms with Crippen LogP contribution >= 0.6 is 0 Å². The highest BCUT2D eigenvalue weighted by Crippen LogP contribution is 2.39. The van der Waals surface area contributed by atoms with Gasteiger partial charge < -0.3 is 4.90 Å². The fourth-order valence-corrected chi connectivity index (χ4v) is 2.55. The second-order valence-corrected chi connectivity index (χ2v) is 5.12. The molecule has 0 N–H and O–H groups in total. The third-order valence-corrected chi connectivity index (χ3v) is 3.62. The van der Waals surface area contributed by atoms with Crippen LogP contribution in [-0.4, -0.2) is 30.7 Å². The van der Waals surface area contributed by atoms with Crippen LogP contribution in [0.15, 0.2) is 0 Å². The van der Waals surface area contributed by atoms with E-state index in [1.54, 1.807) is 6.92 Å². The Balaban J connectivity index is 1.84. The van der Waals surface area contributed by atoms with Crippen LogP contribution < -0.4 is 0 Å². The highest BCUT2D eigenvalue weighted by molar-refractivity contribution is 4.85. The van der Waals surface area contributed by atoms with Gasteiger partial charge in [-0.05, 0) is 37.6 Å². The summed E-state index contributed by atoms with van der Waals surface area (Å²) in [4.78, 5) is 2.21. The summed E-state index contributed by atoms with van der Waals surface area (Å²) in [6.45, 7) is 4.01. The summed E-state index contributed by atoms with van der Waals surface area (Å²) in [6.07, 6.45) is -1.16. The van der Waals surface area contributed by atoms with Crippen LogP contribution in [0.3, 0.4) is 0 Å². The molecule has 2 atom stereocenters. The van der Waals surface area contributed by atoms with Gasteiger partial charge in [0.2, 0.25) is 0 Å². The third kappa shape index (κ3) is 2.86. The maximum atomic E-state index is 12.6. The monoisotopic (exact) mass is 221 g/mol. The number of alkyl halides is 3. The lowest BCUT2D eigenvalue weighted by Crippen LogP contribution is -2.45. The van der Waals surface area contributed by atoms with Crippen LogP contribution in [0.1, 0.15) is 26.2 Å². The SMILES string of the molecule is C[C@@H]1CN(CC2CC2)CC[C@@H]1C(F)(F)F. The first-order valence-electron chi connectivity index (χ1n) is 5.76. The van der Waals surface area contributed by atoms with Crippen molar-refractivity contribution in [3.05, 3.63) is 0 Å². The van der Waals surface area contributed by atoms with Crippen molar-refractivity contribution < 1.29 is 13.2 Å². The second-order valence-electron chi connectivity index (χ2n) is 5.12. The first-order chi connectivity index (χ1) is 6.97. The summed E-state index contributed by atoms with van der Waals surface area (Å²) in [5.74, 6) is -0.537. The maximum Gasteiger partial charge on any atom is 0.392 e. The molecule has 0 aromatic rings. The number of likely N-dealkylation sites (tertiary alicyclic amines) is 1. The molecule has 2 fully saturated rings. The molecule has 2 aliphatic rings. The predicted octanol–water partition coefficient (Wildman–Crippen LogP) is 2.92. The molecule has 4 heteroatoms. The van der Waals surface area contributed by atoms with Crippen LogP contribution in [0.4, 0.5) is 13.2 Å². The molecular formula is C11H18F3N. The van der Waals surface area contributed by atoms with E-state index in [1.807, 2.05) is 0 Å². The number of nitrogens with zero attached hydrogens (tertiary/aromatic N) is 1. The first kappa shape index (κ1) is 11.2. The average molecular weight is 221 g/mol. The van der Waals surface area contributed by atoms with E-state index in [0.717, 1.165) is 12.5 Å².